The number of benzene rings is 1. The number of halogens is 1. The van der Waals surface area contributed by atoms with Crippen molar-refractivity contribution in [3.8, 4) is 11.3 Å². The molecule has 1 saturated heterocycles. The quantitative estimate of drug-likeness (QED) is 0.332. The molecule has 2 aliphatic heterocycles. The lowest BCUT2D eigenvalue weighted by molar-refractivity contribution is 0.0966. The summed E-state index contributed by atoms with van der Waals surface area (Å²) >= 11 is 0. The van der Waals surface area contributed by atoms with Crippen molar-refractivity contribution in [2.75, 3.05) is 39.2 Å². The zero-order valence-electron chi connectivity index (χ0n) is 22.5. The van der Waals surface area contributed by atoms with Crippen LogP contribution in [0.1, 0.15) is 58.8 Å². The van der Waals surface area contributed by atoms with Crippen molar-refractivity contribution < 1.29 is 13.9 Å². The third kappa shape index (κ3) is 4.88. The van der Waals surface area contributed by atoms with Gasteiger partial charge in [0, 0.05) is 42.6 Å². The number of pyridine rings is 2. The van der Waals surface area contributed by atoms with Gasteiger partial charge in [0.05, 0.1) is 29.7 Å². The van der Waals surface area contributed by atoms with E-state index in [-0.39, 0.29) is 17.6 Å². The molecule has 0 unspecified atom stereocenters. The fraction of sp³-hybridized carbons (Fsp3) is 0.367. The van der Waals surface area contributed by atoms with Crippen molar-refractivity contribution in [2.45, 2.75) is 38.1 Å². The van der Waals surface area contributed by atoms with Gasteiger partial charge >= 0.3 is 0 Å². The van der Waals surface area contributed by atoms with E-state index in [9.17, 15) is 9.18 Å². The Bertz CT molecular complexity index is 1540. The van der Waals surface area contributed by atoms with Crippen molar-refractivity contribution in [3.63, 3.8) is 0 Å². The number of anilines is 2. The first kappa shape index (κ1) is 25.5. The molecule has 2 aliphatic rings. The number of fused-ring (bicyclic) bond motifs is 2. The Hall–Kier alpha value is -3.82. The van der Waals surface area contributed by atoms with Crippen LogP contribution in [0.25, 0.3) is 16.9 Å². The van der Waals surface area contributed by atoms with Gasteiger partial charge in [-0.05, 0) is 68.7 Å². The summed E-state index contributed by atoms with van der Waals surface area (Å²) in [7, 11) is 4.18. The number of aromatic nitrogens is 3. The first-order valence-corrected chi connectivity index (χ1v) is 13.5. The molecule has 1 fully saturated rings. The minimum Gasteiger partial charge on any atom is -0.381 e. The molecule has 0 aliphatic carbocycles. The Labute approximate surface area is 227 Å². The van der Waals surface area contributed by atoms with Crippen LogP contribution < -0.4 is 10.6 Å². The number of rotatable bonds is 8. The minimum absolute atomic E-state index is 0.131. The zero-order valence-corrected chi connectivity index (χ0v) is 22.5. The van der Waals surface area contributed by atoms with E-state index < -0.39 is 0 Å². The standard InChI is InChI=1S/C30H33FN6O2/c1-18(8-11-36(2)3)29-21(19-10-13-39-17-19)5-7-26(35-29)34-24-6-4-22(23-15-33-30(38)28(23)24)25-16-32-27-14-20(31)9-12-37(25)27/h4-7,9,12,14,16,18-19H,8,10-11,13,15,17H2,1-3H3,(H,33,38)(H,34,35)/t18-,19-/m0/s1. The molecule has 1 amide bonds. The fourth-order valence-electron chi connectivity index (χ4n) is 5.65. The lowest BCUT2D eigenvalue weighted by atomic mass is 9.90. The molecule has 39 heavy (non-hydrogen) atoms. The molecular weight excluding hydrogens is 495 g/mol. The number of carbonyl (C=O) groups excluding carboxylic acids is 1. The van der Waals surface area contributed by atoms with Crippen LogP contribution in [0.3, 0.4) is 0 Å². The highest BCUT2D eigenvalue weighted by molar-refractivity contribution is 6.06. The molecule has 1 aromatic carbocycles. The summed E-state index contributed by atoms with van der Waals surface area (Å²) in [6.07, 6.45) is 5.39. The summed E-state index contributed by atoms with van der Waals surface area (Å²) in [5.74, 6) is 0.881. The number of hydrogen-bond donors (Lipinski definition) is 2. The SMILES string of the molecule is C[C@@H](CCN(C)C)c1nc(Nc2ccc(-c3cnc4cc(F)ccn34)c3c2C(=O)NC3)ccc1[C@H]1CCOC1. The second-order valence-corrected chi connectivity index (χ2v) is 10.8. The number of ether oxygens (including phenoxy) is 1. The number of nitrogens with zero attached hydrogens (tertiary/aromatic N) is 4. The molecule has 9 heteroatoms. The predicted octanol–water partition coefficient (Wildman–Crippen LogP) is 5.08. The molecule has 4 aromatic rings. The molecule has 0 bridgehead atoms. The Morgan fingerprint density at radius 3 is 2.92 bits per heavy atom. The topological polar surface area (TPSA) is 83.8 Å². The van der Waals surface area contributed by atoms with Gasteiger partial charge in [0.1, 0.15) is 17.3 Å². The van der Waals surface area contributed by atoms with Gasteiger partial charge in [-0.3, -0.25) is 9.20 Å². The zero-order chi connectivity index (χ0) is 27.1. The van der Waals surface area contributed by atoms with Crippen LogP contribution in [-0.4, -0.2) is 59.0 Å². The third-order valence-electron chi connectivity index (χ3n) is 7.78. The number of carbonyl (C=O) groups is 1. The molecule has 202 valence electrons. The second-order valence-electron chi connectivity index (χ2n) is 10.8. The lowest BCUT2D eigenvalue weighted by Gasteiger charge is -2.22. The van der Waals surface area contributed by atoms with Crippen molar-refractivity contribution in [3.05, 3.63) is 77.0 Å². The molecule has 6 rings (SSSR count). The van der Waals surface area contributed by atoms with E-state index in [1.54, 1.807) is 12.4 Å². The average molecular weight is 529 g/mol. The molecule has 0 radical (unpaired) electrons. The fourth-order valence-corrected chi connectivity index (χ4v) is 5.65. The van der Waals surface area contributed by atoms with E-state index in [1.807, 2.05) is 22.6 Å². The van der Waals surface area contributed by atoms with Crippen LogP contribution in [-0.2, 0) is 11.3 Å². The summed E-state index contributed by atoms with van der Waals surface area (Å²) in [4.78, 5) is 24.7. The molecular formula is C30H33FN6O2. The predicted molar refractivity (Wildman–Crippen MR) is 149 cm³/mol. The maximum Gasteiger partial charge on any atom is 0.254 e. The first-order chi connectivity index (χ1) is 18.9. The summed E-state index contributed by atoms with van der Waals surface area (Å²) in [5.41, 5.74) is 6.75. The van der Waals surface area contributed by atoms with E-state index in [1.165, 1.54) is 17.7 Å². The van der Waals surface area contributed by atoms with E-state index in [2.05, 4.69) is 47.6 Å². The van der Waals surface area contributed by atoms with Crippen LogP contribution in [0.4, 0.5) is 15.9 Å². The van der Waals surface area contributed by atoms with E-state index in [0.717, 1.165) is 55.1 Å². The minimum atomic E-state index is -0.337. The van der Waals surface area contributed by atoms with Gasteiger partial charge < -0.3 is 20.3 Å². The van der Waals surface area contributed by atoms with Gasteiger partial charge in [0.25, 0.3) is 5.91 Å². The summed E-state index contributed by atoms with van der Waals surface area (Å²) < 4.78 is 21.2. The van der Waals surface area contributed by atoms with Gasteiger partial charge in [0.15, 0.2) is 0 Å². The smallest absolute Gasteiger partial charge is 0.254 e. The van der Waals surface area contributed by atoms with Crippen molar-refractivity contribution in [1.82, 2.24) is 24.6 Å². The van der Waals surface area contributed by atoms with Crippen molar-refractivity contribution in [1.29, 1.82) is 0 Å². The van der Waals surface area contributed by atoms with Gasteiger partial charge in [-0.2, -0.15) is 0 Å². The second kappa shape index (κ2) is 10.4. The number of amides is 1. The van der Waals surface area contributed by atoms with Crippen LogP contribution in [0.5, 0.6) is 0 Å². The maximum absolute atomic E-state index is 13.7. The van der Waals surface area contributed by atoms with Crippen LogP contribution in [0, 0.1) is 5.82 Å². The summed E-state index contributed by atoms with van der Waals surface area (Å²) in [5, 5.41) is 6.41. The Morgan fingerprint density at radius 1 is 1.26 bits per heavy atom. The molecule has 0 spiro atoms. The lowest BCUT2D eigenvalue weighted by Crippen LogP contribution is -2.17. The maximum atomic E-state index is 13.7. The molecule has 2 N–H and O–H groups in total. The van der Waals surface area contributed by atoms with Crippen molar-refractivity contribution >= 4 is 23.1 Å². The number of hydrogen-bond acceptors (Lipinski definition) is 6. The van der Waals surface area contributed by atoms with Gasteiger partial charge in [-0.1, -0.05) is 19.1 Å². The highest BCUT2D eigenvalue weighted by Crippen LogP contribution is 2.37. The molecule has 5 heterocycles. The monoisotopic (exact) mass is 528 g/mol. The van der Waals surface area contributed by atoms with E-state index in [0.29, 0.717) is 35.2 Å². The molecule has 2 atom stereocenters. The summed E-state index contributed by atoms with van der Waals surface area (Å²) in [6, 6.07) is 10.9. The molecule has 3 aromatic heterocycles. The van der Waals surface area contributed by atoms with Crippen LogP contribution >= 0.6 is 0 Å². The summed E-state index contributed by atoms with van der Waals surface area (Å²) in [6.45, 7) is 5.13. The molecule has 8 nitrogen and oxygen atoms in total. The highest BCUT2D eigenvalue weighted by Gasteiger charge is 2.28. The Morgan fingerprint density at radius 2 is 2.13 bits per heavy atom. The number of imidazole rings is 1. The van der Waals surface area contributed by atoms with Gasteiger partial charge in [0.2, 0.25) is 0 Å². The highest BCUT2D eigenvalue weighted by atomic mass is 19.1. The first-order valence-electron chi connectivity index (χ1n) is 13.5. The Kier molecular flexibility index (Phi) is 6.78. The van der Waals surface area contributed by atoms with Gasteiger partial charge in [-0.25, -0.2) is 14.4 Å². The number of nitrogens with one attached hydrogen (secondary N) is 2. The van der Waals surface area contributed by atoms with Crippen LogP contribution in [0.2, 0.25) is 0 Å². The van der Waals surface area contributed by atoms with Gasteiger partial charge in [-0.15, -0.1) is 0 Å². The normalized spacial score (nSPS) is 17.6. The van der Waals surface area contributed by atoms with E-state index >= 15 is 0 Å². The van der Waals surface area contributed by atoms with E-state index in [4.69, 9.17) is 9.72 Å². The van der Waals surface area contributed by atoms with Crippen LogP contribution in [0.15, 0.2) is 48.8 Å². The largest absolute Gasteiger partial charge is 0.381 e. The third-order valence-corrected chi connectivity index (χ3v) is 7.78. The Balaban J connectivity index is 1.36. The van der Waals surface area contributed by atoms with Crippen molar-refractivity contribution in [2.24, 2.45) is 0 Å². The average Bonchev–Trinajstić information content (AvgIpc) is 3.68. The molecule has 0 saturated carbocycles.